The van der Waals surface area contributed by atoms with Gasteiger partial charge in [0.2, 0.25) is 0 Å². The molecule has 1 rings (SSSR count). The van der Waals surface area contributed by atoms with Crippen molar-refractivity contribution in [1.82, 2.24) is 9.97 Å². The zero-order valence-electron chi connectivity index (χ0n) is 12.7. The van der Waals surface area contributed by atoms with Crippen molar-refractivity contribution in [2.45, 2.75) is 38.8 Å². The lowest BCUT2D eigenvalue weighted by Crippen LogP contribution is -2.21. The second-order valence-electron chi connectivity index (χ2n) is 5.13. The highest BCUT2D eigenvalue weighted by atomic mass is 32.2. The highest BCUT2D eigenvalue weighted by Gasteiger charge is 2.08. The molecule has 0 aromatic carbocycles. The Morgan fingerprint density at radius 1 is 1.37 bits per heavy atom. The fourth-order valence-corrected chi connectivity index (χ4v) is 1.98. The Kier molecular flexibility index (Phi) is 6.99. The molecule has 4 nitrogen and oxygen atoms in total. The minimum Gasteiger partial charge on any atom is -0.370 e. The van der Waals surface area contributed by atoms with E-state index in [9.17, 15) is 0 Å². The van der Waals surface area contributed by atoms with E-state index in [1.807, 2.05) is 12.3 Å². The topological polar surface area (TPSA) is 41.0 Å². The van der Waals surface area contributed by atoms with Crippen LogP contribution in [-0.4, -0.2) is 36.4 Å². The maximum absolute atomic E-state index is 4.58. The number of anilines is 2. The molecule has 0 spiro atoms. The van der Waals surface area contributed by atoms with Gasteiger partial charge in [-0.25, -0.2) is 9.97 Å². The Bertz CT molecular complexity index is 382. The Morgan fingerprint density at radius 3 is 2.68 bits per heavy atom. The normalized spacial score (nSPS) is 10.8. The lowest BCUT2D eigenvalue weighted by atomic mass is 10.1. The van der Waals surface area contributed by atoms with Gasteiger partial charge in [0.15, 0.2) is 5.16 Å². The Labute approximate surface area is 121 Å². The van der Waals surface area contributed by atoms with Crippen molar-refractivity contribution in [3.63, 3.8) is 0 Å². The number of rotatable bonds is 8. The highest BCUT2D eigenvalue weighted by Crippen LogP contribution is 2.20. The molecule has 0 atom stereocenters. The molecule has 1 N–H and O–H groups in total. The number of nitrogens with zero attached hydrogens (tertiary/aromatic N) is 3. The average Bonchev–Trinajstić information content (AvgIpc) is 2.41. The third kappa shape index (κ3) is 5.68. The molecular formula is C14H26N4S. The SMILES string of the molecule is CCCNc1cc(N(C)CCC(C)C)nc(SC)n1. The van der Waals surface area contributed by atoms with E-state index in [4.69, 9.17) is 0 Å². The number of hydrogen-bond acceptors (Lipinski definition) is 5. The van der Waals surface area contributed by atoms with E-state index in [0.717, 1.165) is 36.3 Å². The first kappa shape index (κ1) is 16.1. The van der Waals surface area contributed by atoms with E-state index in [-0.39, 0.29) is 0 Å². The van der Waals surface area contributed by atoms with E-state index in [1.54, 1.807) is 11.8 Å². The summed E-state index contributed by atoms with van der Waals surface area (Å²) in [7, 11) is 2.10. The molecule has 0 saturated carbocycles. The van der Waals surface area contributed by atoms with E-state index < -0.39 is 0 Å². The Hall–Kier alpha value is -0.970. The molecule has 0 saturated heterocycles. The molecule has 108 valence electrons. The number of hydrogen-bond donors (Lipinski definition) is 1. The molecule has 0 unspecified atom stereocenters. The highest BCUT2D eigenvalue weighted by molar-refractivity contribution is 7.98. The van der Waals surface area contributed by atoms with Crippen LogP contribution in [-0.2, 0) is 0 Å². The Morgan fingerprint density at radius 2 is 2.11 bits per heavy atom. The first-order chi connectivity index (χ1) is 9.06. The molecule has 0 fully saturated rings. The van der Waals surface area contributed by atoms with E-state index in [1.165, 1.54) is 6.42 Å². The fourth-order valence-electron chi connectivity index (χ4n) is 1.61. The van der Waals surface area contributed by atoms with Gasteiger partial charge in [-0.3, -0.25) is 0 Å². The average molecular weight is 282 g/mol. The van der Waals surface area contributed by atoms with Gasteiger partial charge in [-0.2, -0.15) is 0 Å². The maximum atomic E-state index is 4.58. The smallest absolute Gasteiger partial charge is 0.191 e. The summed E-state index contributed by atoms with van der Waals surface area (Å²) in [6, 6.07) is 2.04. The molecule has 0 aliphatic heterocycles. The van der Waals surface area contributed by atoms with Crippen LogP contribution in [0.1, 0.15) is 33.6 Å². The zero-order chi connectivity index (χ0) is 14.3. The molecule has 0 aliphatic rings. The molecule has 5 heteroatoms. The van der Waals surface area contributed by atoms with Gasteiger partial charge in [-0.1, -0.05) is 32.5 Å². The van der Waals surface area contributed by atoms with Crippen LogP contribution < -0.4 is 10.2 Å². The summed E-state index contributed by atoms with van der Waals surface area (Å²) in [5.41, 5.74) is 0. The predicted molar refractivity (Wildman–Crippen MR) is 85.3 cm³/mol. The minimum atomic E-state index is 0.710. The van der Waals surface area contributed by atoms with Crippen LogP contribution in [0.4, 0.5) is 11.6 Å². The third-order valence-electron chi connectivity index (χ3n) is 2.86. The molecule has 1 heterocycles. The van der Waals surface area contributed by atoms with Crippen LogP contribution >= 0.6 is 11.8 Å². The molecule has 0 radical (unpaired) electrons. The van der Waals surface area contributed by atoms with Gasteiger partial charge in [0.25, 0.3) is 0 Å². The molecule has 0 aliphatic carbocycles. The largest absolute Gasteiger partial charge is 0.370 e. The summed E-state index contributed by atoms with van der Waals surface area (Å²) in [4.78, 5) is 11.3. The summed E-state index contributed by atoms with van der Waals surface area (Å²) >= 11 is 1.58. The molecule has 0 amide bonds. The van der Waals surface area contributed by atoms with Gasteiger partial charge >= 0.3 is 0 Å². The molecule has 1 aromatic heterocycles. The Balaban J connectivity index is 2.79. The van der Waals surface area contributed by atoms with Crippen molar-refractivity contribution >= 4 is 23.4 Å². The van der Waals surface area contributed by atoms with Gasteiger partial charge < -0.3 is 10.2 Å². The molecular weight excluding hydrogens is 256 g/mol. The van der Waals surface area contributed by atoms with E-state index in [2.05, 4.69) is 48.0 Å². The first-order valence-corrected chi connectivity index (χ1v) is 8.17. The second kappa shape index (κ2) is 8.25. The standard InChI is InChI=1S/C14H26N4S/c1-6-8-15-12-10-13(17-14(16-12)19-5)18(4)9-7-11(2)3/h10-11H,6-9H2,1-5H3,(H,15,16,17). The van der Waals surface area contributed by atoms with Crippen LogP contribution in [0.2, 0.25) is 0 Å². The predicted octanol–water partition coefficient (Wildman–Crippen LogP) is 3.50. The molecule has 0 bridgehead atoms. The van der Waals surface area contributed by atoms with Gasteiger partial charge in [-0.05, 0) is 25.0 Å². The molecule has 19 heavy (non-hydrogen) atoms. The summed E-state index contributed by atoms with van der Waals surface area (Å²) in [5.74, 6) is 2.63. The lowest BCUT2D eigenvalue weighted by molar-refractivity contribution is 0.583. The number of nitrogens with one attached hydrogen (secondary N) is 1. The first-order valence-electron chi connectivity index (χ1n) is 6.94. The third-order valence-corrected chi connectivity index (χ3v) is 3.41. The van der Waals surface area contributed by atoms with E-state index in [0.29, 0.717) is 5.92 Å². The summed E-state index contributed by atoms with van der Waals surface area (Å²) in [5, 5.41) is 4.16. The van der Waals surface area contributed by atoms with Crippen LogP contribution in [0.15, 0.2) is 11.2 Å². The van der Waals surface area contributed by atoms with Crippen molar-refractivity contribution in [2.24, 2.45) is 5.92 Å². The summed E-state index contributed by atoms with van der Waals surface area (Å²) in [6.45, 7) is 8.61. The quantitative estimate of drug-likeness (QED) is 0.584. The van der Waals surface area contributed by atoms with Crippen LogP contribution in [0.25, 0.3) is 0 Å². The van der Waals surface area contributed by atoms with Crippen molar-refractivity contribution in [3.8, 4) is 0 Å². The number of aromatic nitrogens is 2. The van der Waals surface area contributed by atoms with Crippen molar-refractivity contribution in [1.29, 1.82) is 0 Å². The van der Waals surface area contributed by atoms with Crippen LogP contribution in [0.3, 0.4) is 0 Å². The summed E-state index contributed by atoms with van der Waals surface area (Å²) < 4.78 is 0. The minimum absolute atomic E-state index is 0.710. The van der Waals surface area contributed by atoms with Crippen molar-refractivity contribution in [3.05, 3.63) is 6.07 Å². The van der Waals surface area contributed by atoms with Gasteiger partial charge in [0, 0.05) is 26.2 Å². The maximum Gasteiger partial charge on any atom is 0.191 e. The lowest BCUT2D eigenvalue weighted by Gasteiger charge is -2.20. The van der Waals surface area contributed by atoms with Gasteiger partial charge in [0.1, 0.15) is 11.6 Å². The zero-order valence-corrected chi connectivity index (χ0v) is 13.5. The second-order valence-corrected chi connectivity index (χ2v) is 5.90. The number of thioether (sulfide) groups is 1. The van der Waals surface area contributed by atoms with Crippen molar-refractivity contribution < 1.29 is 0 Å². The van der Waals surface area contributed by atoms with Crippen molar-refractivity contribution in [2.75, 3.05) is 36.6 Å². The summed E-state index contributed by atoms with van der Waals surface area (Å²) in [6.07, 6.45) is 4.28. The molecule has 1 aromatic rings. The van der Waals surface area contributed by atoms with Gasteiger partial charge in [-0.15, -0.1) is 0 Å². The van der Waals surface area contributed by atoms with Gasteiger partial charge in [0.05, 0.1) is 0 Å². The van der Waals surface area contributed by atoms with Crippen LogP contribution in [0, 0.1) is 5.92 Å². The van der Waals surface area contributed by atoms with Crippen LogP contribution in [0.5, 0.6) is 0 Å². The monoisotopic (exact) mass is 282 g/mol. The van der Waals surface area contributed by atoms with E-state index >= 15 is 0 Å². The fraction of sp³-hybridized carbons (Fsp3) is 0.714.